The number of ether oxygens (including phenoxy) is 1. The predicted octanol–water partition coefficient (Wildman–Crippen LogP) is 0.509. The third kappa shape index (κ3) is 2.06. The van der Waals surface area contributed by atoms with Crippen LogP contribution < -0.4 is 5.73 Å². The van der Waals surface area contributed by atoms with Gasteiger partial charge in [0, 0.05) is 6.54 Å². The van der Waals surface area contributed by atoms with Crippen molar-refractivity contribution in [3.63, 3.8) is 0 Å². The SMILES string of the molecule is COC(=O)c1cc(CN)c(C#N)cc1O. The molecule has 0 spiro atoms. The van der Waals surface area contributed by atoms with Crippen molar-refractivity contribution in [2.75, 3.05) is 7.11 Å². The summed E-state index contributed by atoms with van der Waals surface area (Å²) < 4.78 is 4.47. The second-order valence-corrected chi connectivity index (χ2v) is 2.83. The van der Waals surface area contributed by atoms with Crippen LogP contribution >= 0.6 is 0 Å². The summed E-state index contributed by atoms with van der Waals surface area (Å²) >= 11 is 0. The number of carbonyl (C=O) groups is 1. The maximum absolute atomic E-state index is 11.2. The molecular formula is C10H10N2O3. The van der Waals surface area contributed by atoms with E-state index in [9.17, 15) is 9.90 Å². The molecule has 0 atom stereocenters. The summed E-state index contributed by atoms with van der Waals surface area (Å²) in [5, 5.41) is 18.2. The Bertz CT molecular complexity index is 435. The lowest BCUT2D eigenvalue weighted by molar-refractivity contribution is 0.0597. The highest BCUT2D eigenvalue weighted by Crippen LogP contribution is 2.22. The van der Waals surface area contributed by atoms with Crippen molar-refractivity contribution in [1.82, 2.24) is 0 Å². The molecule has 0 heterocycles. The van der Waals surface area contributed by atoms with Crippen LogP contribution in [0.15, 0.2) is 12.1 Å². The van der Waals surface area contributed by atoms with Gasteiger partial charge < -0.3 is 15.6 Å². The van der Waals surface area contributed by atoms with E-state index in [2.05, 4.69) is 4.74 Å². The summed E-state index contributed by atoms with van der Waals surface area (Å²) in [5.41, 5.74) is 6.16. The number of hydrogen-bond donors (Lipinski definition) is 2. The van der Waals surface area contributed by atoms with Gasteiger partial charge >= 0.3 is 5.97 Å². The van der Waals surface area contributed by atoms with E-state index in [1.807, 2.05) is 6.07 Å². The number of aromatic hydroxyl groups is 1. The monoisotopic (exact) mass is 206 g/mol. The lowest BCUT2D eigenvalue weighted by Crippen LogP contribution is -2.06. The quantitative estimate of drug-likeness (QED) is 0.687. The van der Waals surface area contributed by atoms with Crippen molar-refractivity contribution < 1.29 is 14.6 Å². The molecule has 1 rings (SSSR count). The van der Waals surface area contributed by atoms with Gasteiger partial charge in [-0.25, -0.2) is 4.79 Å². The maximum Gasteiger partial charge on any atom is 0.341 e. The lowest BCUT2D eigenvalue weighted by atomic mass is 10.0. The normalized spacial score (nSPS) is 9.40. The van der Waals surface area contributed by atoms with Gasteiger partial charge in [-0.1, -0.05) is 0 Å². The van der Waals surface area contributed by atoms with Crippen molar-refractivity contribution in [3.8, 4) is 11.8 Å². The van der Waals surface area contributed by atoms with E-state index in [0.717, 1.165) is 0 Å². The van der Waals surface area contributed by atoms with Gasteiger partial charge in [-0.15, -0.1) is 0 Å². The standard InChI is InChI=1S/C10H10N2O3/c1-15-10(14)8-2-6(4-11)7(5-12)3-9(8)13/h2-3,13H,4,11H2,1H3. The number of hydrogen-bond acceptors (Lipinski definition) is 5. The van der Waals surface area contributed by atoms with E-state index < -0.39 is 5.97 Å². The fraction of sp³-hybridized carbons (Fsp3) is 0.200. The molecule has 0 saturated carbocycles. The fourth-order valence-electron chi connectivity index (χ4n) is 1.18. The van der Waals surface area contributed by atoms with Crippen molar-refractivity contribution in [2.45, 2.75) is 6.54 Å². The van der Waals surface area contributed by atoms with E-state index in [-0.39, 0.29) is 23.4 Å². The molecule has 0 aliphatic carbocycles. The molecule has 15 heavy (non-hydrogen) atoms. The van der Waals surface area contributed by atoms with Crippen LogP contribution in [0.25, 0.3) is 0 Å². The molecule has 0 fully saturated rings. The first-order valence-corrected chi connectivity index (χ1v) is 4.18. The zero-order chi connectivity index (χ0) is 11.4. The molecule has 3 N–H and O–H groups in total. The van der Waals surface area contributed by atoms with E-state index >= 15 is 0 Å². The minimum Gasteiger partial charge on any atom is -0.507 e. The average Bonchev–Trinajstić information content (AvgIpc) is 2.27. The number of phenolic OH excluding ortho intramolecular Hbond substituents is 1. The largest absolute Gasteiger partial charge is 0.507 e. The van der Waals surface area contributed by atoms with Crippen LogP contribution in [-0.2, 0) is 11.3 Å². The Hall–Kier alpha value is -2.06. The van der Waals surface area contributed by atoms with Crippen LogP contribution in [-0.4, -0.2) is 18.2 Å². The fourth-order valence-corrected chi connectivity index (χ4v) is 1.18. The highest BCUT2D eigenvalue weighted by atomic mass is 16.5. The number of carbonyl (C=O) groups excluding carboxylic acids is 1. The smallest absolute Gasteiger partial charge is 0.341 e. The minimum absolute atomic E-state index is 0.0111. The number of benzene rings is 1. The first-order valence-electron chi connectivity index (χ1n) is 4.18. The van der Waals surface area contributed by atoms with Gasteiger partial charge in [-0.05, 0) is 17.7 Å². The number of methoxy groups -OCH3 is 1. The van der Waals surface area contributed by atoms with E-state index in [4.69, 9.17) is 11.0 Å². The molecule has 5 nitrogen and oxygen atoms in total. The number of rotatable bonds is 2. The summed E-state index contributed by atoms with van der Waals surface area (Å²) in [6, 6.07) is 4.44. The molecule has 0 bridgehead atoms. The molecule has 1 aromatic carbocycles. The summed E-state index contributed by atoms with van der Waals surface area (Å²) in [4.78, 5) is 11.2. The zero-order valence-corrected chi connectivity index (χ0v) is 8.15. The first kappa shape index (κ1) is 11.0. The second kappa shape index (κ2) is 4.44. The second-order valence-electron chi connectivity index (χ2n) is 2.83. The molecule has 78 valence electrons. The van der Waals surface area contributed by atoms with Gasteiger partial charge in [0.05, 0.1) is 18.7 Å². The van der Waals surface area contributed by atoms with E-state index in [1.165, 1.54) is 19.2 Å². The van der Waals surface area contributed by atoms with Crippen molar-refractivity contribution in [1.29, 1.82) is 5.26 Å². The molecule has 0 unspecified atom stereocenters. The van der Waals surface area contributed by atoms with Crippen LogP contribution in [0.2, 0.25) is 0 Å². The zero-order valence-electron chi connectivity index (χ0n) is 8.15. The summed E-state index contributed by atoms with van der Waals surface area (Å²) in [6.07, 6.45) is 0. The highest BCUT2D eigenvalue weighted by molar-refractivity contribution is 5.92. The molecule has 0 aliphatic heterocycles. The van der Waals surface area contributed by atoms with Crippen LogP contribution in [0.3, 0.4) is 0 Å². The van der Waals surface area contributed by atoms with Gasteiger partial charge in [-0.3, -0.25) is 0 Å². The van der Waals surface area contributed by atoms with Crippen molar-refractivity contribution in [2.24, 2.45) is 5.73 Å². The number of nitrogens with zero attached hydrogens (tertiary/aromatic N) is 1. The molecule has 0 radical (unpaired) electrons. The molecule has 0 saturated heterocycles. The Balaban J connectivity index is 3.33. The van der Waals surface area contributed by atoms with Gasteiger partial charge in [0.15, 0.2) is 0 Å². The third-order valence-electron chi connectivity index (χ3n) is 1.97. The summed E-state index contributed by atoms with van der Waals surface area (Å²) in [5.74, 6) is -0.942. The van der Waals surface area contributed by atoms with Crippen LogP contribution in [0.5, 0.6) is 5.75 Å². The van der Waals surface area contributed by atoms with Crippen LogP contribution in [0.4, 0.5) is 0 Å². The highest BCUT2D eigenvalue weighted by Gasteiger charge is 2.14. The molecule has 0 aliphatic rings. The van der Waals surface area contributed by atoms with E-state index in [0.29, 0.717) is 5.56 Å². The molecule has 5 heteroatoms. The Morgan fingerprint density at radius 2 is 2.33 bits per heavy atom. The average molecular weight is 206 g/mol. The minimum atomic E-state index is -0.660. The first-order chi connectivity index (χ1) is 7.13. The Kier molecular flexibility index (Phi) is 3.26. The molecule has 0 amide bonds. The maximum atomic E-state index is 11.2. The number of nitriles is 1. The summed E-state index contributed by atoms with van der Waals surface area (Å²) in [6.45, 7) is 0.118. The third-order valence-corrected chi connectivity index (χ3v) is 1.97. The topological polar surface area (TPSA) is 96.3 Å². The van der Waals surface area contributed by atoms with Crippen LogP contribution in [0, 0.1) is 11.3 Å². The van der Waals surface area contributed by atoms with Crippen molar-refractivity contribution >= 4 is 5.97 Å². The Morgan fingerprint density at radius 3 is 2.80 bits per heavy atom. The lowest BCUT2D eigenvalue weighted by Gasteiger charge is -2.06. The predicted molar refractivity (Wildman–Crippen MR) is 52.1 cm³/mol. The van der Waals surface area contributed by atoms with Gasteiger partial charge in [-0.2, -0.15) is 5.26 Å². The molecular weight excluding hydrogens is 196 g/mol. The van der Waals surface area contributed by atoms with E-state index in [1.54, 1.807) is 0 Å². The van der Waals surface area contributed by atoms with Gasteiger partial charge in [0.2, 0.25) is 0 Å². The Morgan fingerprint density at radius 1 is 1.67 bits per heavy atom. The molecule has 1 aromatic rings. The summed E-state index contributed by atoms with van der Waals surface area (Å²) in [7, 11) is 1.21. The van der Waals surface area contributed by atoms with Crippen molar-refractivity contribution in [3.05, 3.63) is 28.8 Å². The van der Waals surface area contributed by atoms with Crippen LogP contribution in [0.1, 0.15) is 21.5 Å². The number of nitrogens with two attached hydrogens (primary N) is 1. The molecule has 0 aromatic heterocycles. The van der Waals surface area contributed by atoms with Gasteiger partial charge in [0.1, 0.15) is 11.3 Å². The van der Waals surface area contributed by atoms with Gasteiger partial charge in [0.25, 0.3) is 0 Å². The number of esters is 1. The number of phenols is 1. The Labute approximate surface area is 86.7 Å².